The Hall–Kier alpha value is -0.470. The molecule has 0 aliphatic carbocycles. The lowest BCUT2D eigenvalue weighted by molar-refractivity contribution is 0.100. The van der Waals surface area contributed by atoms with Gasteiger partial charge in [-0.05, 0) is 42.9 Å². The van der Waals surface area contributed by atoms with E-state index in [1.165, 1.54) is 0 Å². The third-order valence-electron chi connectivity index (χ3n) is 4.29. The number of hydrazine groups is 1. The largest absolute Gasteiger partial charge is 0.304 e. The van der Waals surface area contributed by atoms with Gasteiger partial charge in [0.05, 0.1) is 22.4 Å². The van der Waals surface area contributed by atoms with Gasteiger partial charge in [-0.15, -0.1) is 0 Å². The summed E-state index contributed by atoms with van der Waals surface area (Å²) in [6, 6.07) is 0.606. The second-order valence-electron chi connectivity index (χ2n) is 5.95. The summed E-state index contributed by atoms with van der Waals surface area (Å²) in [7, 11) is 4.38. The number of halogens is 1. The van der Waals surface area contributed by atoms with Gasteiger partial charge in [0.1, 0.15) is 0 Å². The number of aromatic nitrogens is 2. The smallest absolute Gasteiger partial charge is 0.0709 e. The van der Waals surface area contributed by atoms with Gasteiger partial charge in [-0.2, -0.15) is 5.10 Å². The highest BCUT2D eigenvalue weighted by Gasteiger charge is 2.28. The second kappa shape index (κ2) is 7.69. The molecule has 0 saturated carbocycles. The first-order valence-electron chi connectivity index (χ1n) is 7.62. The lowest BCUT2D eigenvalue weighted by Crippen LogP contribution is -2.51. The van der Waals surface area contributed by atoms with Crippen LogP contribution in [-0.4, -0.2) is 59.4 Å². The molecule has 120 valence electrons. The van der Waals surface area contributed by atoms with Crippen LogP contribution in [0.25, 0.3) is 0 Å². The van der Waals surface area contributed by atoms with Crippen molar-refractivity contribution in [3.05, 3.63) is 16.4 Å². The van der Waals surface area contributed by atoms with Crippen molar-refractivity contribution in [3.8, 4) is 0 Å². The van der Waals surface area contributed by atoms with Crippen LogP contribution >= 0.6 is 15.9 Å². The zero-order chi connectivity index (χ0) is 15.4. The minimum Gasteiger partial charge on any atom is -0.304 e. The highest BCUT2D eigenvalue weighted by atomic mass is 79.9. The van der Waals surface area contributed by atoms with Crippen LogP contribution in [0.2, 0.25) is 0 Å². The molecule has 6 nitrogen and oxygen atoms in total. The van der Waals surface area contributed by atoms with E-state index in [-0.39, 0.29) is 6.04 Å². The molecule has 21 heavy (non-hydrogen) atoms. The van der Waals surface area contributed by atoms with Crippen molar-refractivity contribution >= 4 is 15.9 Å². The van der Waals surface area contributed by atoms with Crippen molar-refractivity contribution in [1.29, 1.82) is 0 Å². The Balaban J connectivity index is 2.14. The number of hydrogen-bond donors (Lipinski definition) is 2. The van der Waals surface area contributed by atoms with Crippen molar-refractivity contribution < 1.29 is 0 Å². The quantitative estimate of drug-likeness (QED) is 0.590. The van der Waals surface area contributed by atoms with E-state index < -0.39 is 0 Å². The van der Waals surface area contributed by atoms with E-state index >= 15 is 0 Å². The number of piperazine rings is 1. The lowest BCUT2D eigenvalue weighted by Gasteiger charge is -2.39. The molecule has 2 heterocycles. The van der Waals surface area contributed by atoms with Crippen molar-refractivity contribution in [2.75, 3.05) is 33.7 Å². The lowest BCUT2D eigenvalue weighted by atomic mass is 10.0. The Bertz CT molecular complexity index is 449. The van der Waals surface area contributed by atoms with Crippen molar-refractivity contribution in [3.63, 3.8) is 0 Å². The fourth-order valence-electron chi connectivity index (χ4n) is 2.99. The van der Waals surface area contributed by atoms with Gasteiger partial charge in [0.15, 0.2) is 0 Å². The minimum atomic E-state index is 0.104. The topological polar surface area (TPSA) is 62.4 Å². The molecule has 2 atom stereocenters. The summed E-state index contributed by atoms with van der Waals surface area (Å²) in [4.78, 5) is 4.81. The molecule has 1 aliphatic rings. The SMILES string of the molecule is CCCn1ncc(Br)c1C(CC1CN(C)CCN1C)NN. The predicted octanol–water partition coefficient (Wildman–Crippen LogP) is 1.20. The average Bonchev–Trinajstić information content (AvgIpc) is 2.81. The maximum absolute atomic E-state index is 5.85. The van der Waals surface area contributed by atoms with Crippen LogP contribution in [0.3, 0.4) is 0 Å². The average molecular weight is 359 g/mol. The van der Waals surface area contributed by atoms with Crippen LogP contribution < -0.4 is 11.3 Å². The summed E-state index contributed by atoms with van der Waals surface area (Å²) in [5.41, 5.74) is 4.14. The summed E-state index contributed by atoms with van der Waals surface area (Å²) in [5.74, 6) is 5.85. The molecule has 1 aliphatic heterocycles. The van der Waals surface area contributed by atoms with Crippen molar-refractivity contribution in [1.82, 2.24) is 25.0 Å². The zero-order valence-corrected chi connectivity index (χ0v) is 14.8. The molecule has 1 fully saturated rings. The molecule has 0 amide bonds. The second-order valence-corrected chi connectivity index (χ2v) is 6.81. The van der Waals surface area contributed by atoms with E-state index in [1.807, 2.05) is 6.20 Å². The molecule has 0 aromatic carbocycles. The fraction of sp³-hybridized carbons (Fsp3) is 0.786. The molecule has 0 radical (unpaired) electrons. The summed E-state index contributed by atoms with van der Waals surface area (Å²) in [6.07, 6.45) is 3.90. The van der Waals surface area contributed by atoms with Gasteiger partial charge in [0.25, 0.3) is 0 Å². The van der Waals surface area contributed by atoms with Crippen LogP contribution in [0.15, 0.2) is 10.7 Å². The van der Waals surface area contributed by atoms with Gasteiger partial charge in [0, 0.05) is 32.2 Å². The molecule has 1 saturated heterocycles. The summed E-state index contributed by atoms with van der Waals surface area (Å²) in [6.45, 7) is 6.39. The Labute approximate surface area is 135 Å². The number of hydrogen-bond acceptors (Lipinski definition) is 5. The van der Waals surface area contributed by atoms with Crippen LogP contribution in [0.4, 0.5) is 0 Å². The summed E-state index contributed by atoms with van der Waals surface area (Å²) >= 11 is 3.62. The third kappa shape index (κ3) is 4.04. The molecule has 1 aromatic heterocycles. The van der Waals surface area contributed by atoms with Gasteiger partial charge < -0.3 is 9.80 Å². The van der Waals surface area contributed by atoms with Crippen LogP contribution in [0.5, 0.6) is 0 Å². The van der Waals surface area contributed by atoms with Gasteiger partial charge in [0.2, 0.25) is 0 Å². The van der Waals surface area contributed by atoms with Gasteiger partial charge in [-0.3, -0.25) is 16.0 Å². The number of nitrogens with zero attached hydrogens (tertiary/aromatic N) is 4. The normalized spacial score (nSPS) is 22.6. The molecule has 2 rings (SSSR count). The van der Waals surface area contributed by atoms with E-state index in [0.717, 1.165) is 49.2 Å². The number of rotatable bonds is 6. The molecular formula is C14H27BrN6. The number of nitrogens with two attached hydrogens (primary N) is 1. The van der Waals surface area contributed by atoms with Crippen LogP contribution in [0, 0.1) is 0 Å². The van der Waals surface area contributed by atoms with E-state index in [2.05, 4.69) is 62.0 Å². The van der Waals surface area contributed by atoms with Crippen LogP contribution in [0.1, 0.15) is 31.5 Å². The number of aryl methyl sites for hydroxylation is 1. The first kappa shape index (κ1) is 16.9. The highest BCUT2D eigenvalue weighted by Crippen LogP contribution is 2.28. The molecule has 0 bridgehead atoms. The third-order valence-corrected chi connectivity index (χ3v) is 4.90. The summed E-state index contributed by atoms with van der Waals surface area (Å²) < 4.78 is 3.09. The highest BCUT2D eigenvalue weighted by molar-refractivity contribution is 9.10. The van der Waals surface area contributed by atoms with Gasteiger partial charge in [-0.1, -0.05) is 6.92 Å². The zero-order valence-electron chi connectivity index (χ0n) is 13.2. The Morgan fingerprint density at radius 2 is 2.24 bits per heavy atom. The number of nitrogens with one attached hydrogen (secondary N) is 1. The molecule has 2 unspecified atom stereocenters. The Morgan fingerprint density at radius 1 is 1.48 bits per heavy atom. The molecule has 3 N–H and O–H groups in total. The van der Waals surface area contributed by atoms with Crippen LogP contribution in [-0.2, 0) is 6.54 Å². The molecule has 7 heteroatoms. The fourth-order valence-corrected chi connectivity index (χ4v) is 3.57. The molecule has 0 spiro atoms. The minimum absolute atomic E-state index is 0.104. The van der Waals surface area contributed by atoms with E-state index in [1.54, 1.807) is 0 Å². The van der Waals surface area contributed by atoms with Gasteiger partial charge >= 0.3 is 0 Å². The first-order valence-corrected chi connectivity index (χ1v) is 8.42. The maximum atomic E-state index is 5.85. The predicted molar refractivity (Wildman–Crippen MR) is 88.8 cm³/mol. The Kier molecular flexibility index (Phi) is 6.19. The monoisotopic (exact) mass is 358 g/mol. The van der Waals surface area contributed by atoms with Crippen molar-refractivity contribution in [2.24, 2.45) is 5.84 Å². The maximum Gasteiger partial charge on any atom is 0.0709 e. The van der Waals surface area contributed by atoms with Crippen molar-refractivity contribution in [2.45, 2.75) is 38.4 Å². The molecular weight excluding hydrogens is 332 g/mol. The first-order chi connectivity index (χ1) is 10.1. The van der Waals surface area contributed by atoms with E-state index in [9.17, 15) is 0 Å². The summed E-state index contributed by atoms with van der Waals surface area (Å²) in [5, 5.41) is 4.45. The number of likely N-dealkylation sites (N-methyl/N-ethyl adjacent to an activating group) is 2. The standard InChI is InChI=1S/C14H27BrN6/c1-4-5-21-14(12(15)9-17-21)13(18-16)8-11-10-19(2)6-7-20(11)3/h9,11,13,18H,4-8,10,16H2,1-3H3. The van der Waals surface area contributed by atoms with E-state index in [4.69, 9.17) is 5.84 Å². The van der Waals surface area contributed by atoms with Gasteiger partial charge in [-0.25, -0.2) is 0 Å². The Morgan fingerprint density at radius 3 is 2.90 bits per heavy atom. The molecule has 1 aromatic rings. The van der Waals surface area contributed by atoms with E-state index in [0.29, 0.717) is 6.04 Å².